The van der Waals surface area contributed by atoms with Crippen LogP contribution in [0.4, 0.5) is 5.13 Å². The SMILES string of the molecule is CCN(CC)S(=O)(=O)c1ccc(C(=O)Nc2nc3c(C)c(Cl)ccc3s2)cc1. The van der Waals surface area contributed by atoms with Crippen molar-refractivity contribution >= 4 is 54.2 Å². The lowest BCUT2D eigenvalue weighted by molar-refractivity contribution is 0.102. The molecule has 28 heavy (non-hydrogen) atoms. The van der Waals surface area contributed by atoms with Crippen molar-refractivity contribution in [3.05, 3.63) is 52.5 Å². The molecule has 2 aromatic carbocycles. The summed E-state index contributed by atoms with van der Waals surface area (Å²) >= 11 is 7.47. The molecule has 0 aliphatic rings. The van der Waals surface area contributed by atoms with E-state index in [0.29, 0.717) is 28.8 Å². The molecule has 0 radical (unpaired) electrons. The summed E-state index contributed by atoms with van der Waals surface area (Å²) in [5.74, 6) is -0.352. The lowest BCUT2D eigenvalue weighted by atomic mass is 10.2. The van der Waals surface area contributed by atoms with Gasteiger partial charge in [-0.15, -0.1) is 0 Å². The first-order valence-corrected chi connectivity index (χ1v) is 11.4. The Bertz CT molecular complexity index is 1120. The average molecular weight is 438 g/mol. The van der Waals surface area contributed by atoms with Gasteiger partial charge in [-0.1, -0.05) is 36.8 Å². The molecule has 6 nitrogen and oxygen atoms in total. The van der Waals surface area contributed by atoms with Crippen molar-refractivity contribution in [2.45, 2.75) is 25.7 Å². The van der Waals surface area contributed by atoms with Crippen LogP contribution in [0.2, 0.25) is 5.02 Å². The van der Waals surface area contributed by atoms with Crippen LogP contribution in [0.15, 0.2) is 41.3 Å². The molecule has 0 fully saturated rings. The number of hydrogen-bond acceptors (Lipinski definition) is 5. The lowest BCUT2D eigenvalue weighted by Crippen LogP contribution is -2.30. The quantitative estimate of drug-likeness (QED) is 0.613. The molecule has 3 aromatic rings. The summed E-state index contributed by atoms with van der Waals surface area (Å²) in [6.45, 7) is 6.24. The standard InChI is InChI=1S/C19H20ClN3O3S2/c1-4-23(5-2)28(25,26)14-8-6-13(7-9-14)18(24)22-19-21-17-12(3)15(20)10-11-16(17)27-19/h6-11H,4-5H2,1-3H3,(H,21,22,24). The van der Waals surface area contributed by atoms with Crippen LogP contribution in [0.5, 0.6) is 0 Å². The Morgan fingerprint density at radius 2 is 1.79 bits per heavy atom. The van der Waals surface area contributed by atoms with Crippen molar-refractivity contribution in [2.75, 3.05) is 18.4 Å². The molecule has 0 saturated heterocycles. The van der Waals surface area contributed by atoms with Gasteiger partial charge in [0.1, 0.15) is 0 Å². The number of hydrogen-bond donors (Lipinski definition) is 1. The van der Waals surface area contributed by atoms with Crippen molar-refractivity contribution in [2.24, 2.45) is 0 Å². The molecule has 148 valence electrons. The second-order valence-corrected chi connectivity index (χ2v) is 9.48. The van der Waals surface area contributed by atoms with Gasteiger partial charge in [0.2, 0.25) is 10.0 Å². The third-order valence-corrected chi connectivity index (χ3v) is 7.84. The predicted octanol–water partition coefficient (Wildman–Crippen LogP) is 4.54. The van der Waals surface area contributed by atoms with Crippen molar-refractivity contribution in [3.8, 4) is 0 Å². The van der Waals surface area contributed by atoms with Crippen LogP contribution in [0.25, 0.3) is 10.2 Å². The molecule has 0 atom stereocenters. The van der Waals surface area contributed by atoms with E-state index < -0.39 is 10.0 Å². The van der Waals surface area contributed by atoms with Crippen LogP contribution in [-0.2, 0) is 10.0 Å². The van der Waals surface area contributed by atoms with E-state index in [1.54, 1.807) is 19.9 Å². The minimum atomic E-state index is -3.55. The molecule has 0 saturated carbocycles. The first-order chi connectivity index (χ1) is 13.3. The zero-order chi connectivity index (χ0) is 20.5. The maximum atomic E-state index is 12.5. The molecule has 0 bridgehead atoms. The molecule has 1 N–H and O–H groups in total. The number of thiazole rings is 1. The molecular weight excluding hydrogens is 418 g/mol. The maximum Gasteiger partial charge on any atom is 0.257 e. The van der Waals surface area contributed by atoms with E-state index in [1.807, 2.05) is 13.0 Å². The number of nitrogens with zero attached hydrogens (tertiary/aromatic N) is 2. The van der Waals surface area contributed by atoms with E-state index in [2.05, 4.69) is 10.3 Å². The Morgan fingerprint density at radius 1 is 1.14 bits per heavy atom. The second-order valence-electron chi connectivity index (χ2n) is 6.11. The average Bonchev–Trinajstić information content (AvgIpc) is 3.09. The number of sulfonamides is 1. The summed E-state index contributed by atoms with van der Waals surface area (Å²) in [5.41, 5.74) is 1.97. The van der Waals surface area contributed by atoms with Crippen LogP contribution in [-0.4, -0.2) is 36.7 Å². The smallest absolute Gasteiger partial charge is 0.257 e. The van der Waals surface area contributed by atoms with Gasteiger partial charge in [-0.25, -0.2) is 13.4 Å². The second kappa shape index (κ2) is 8.16. The van der Waals surface area contributed by atoms with Crippen LogP contribution >= 0.6 is 22.9 Å². The third-order valence-electron chi connectivity index (χ3n) is 4.43. The molecule has 0 aliphatic heterocycles. The Hall–Kier alpha value is -2.00. The number of amides is 1. The topological polar surface area (TPSA) is 79.4 Å². The third kappa shape index (κ3) is 3.91. The lowest BCUT2D eigenvalue weighted by Gasteiger charge is -2.18. The molecule has 1 aromatic heterocycles. The number of halogens is 1. The number of carbonyl (C=O) groups is 1. The first-order valence-electron chi connectivity index (χ1n) is 8.75. The highest BCUT2D eigenvalue weighted by Crippen LogP contribution is 2.31. The van der Waals surface area contributed by atoms with Gasteiger partial charge in [0.05, 0.1) is 15.1 Å². The molecule has 0 aliphatic carbocycles. The Morgan fingerprint density at radius 3 is 2.39 bits per heavy atom. The predicted molar refractivity (Wildman–Crippen MR) is 114 cm³/mol. The normalized spacial score (nSPS) is 11.9. The van der Waals surface area contributed by atoms with Crippen LogP contribution in [0.3, 0.4) is 0 Å². The minimum absolute atomic E-state index is 0.165. The number of rotatable bonds is 6. The largest absolute Gasteiger partial charge is 0.298 e. The molecular formula is C19H20ClN3O3S2. The number of benzene rings is 2. The van der Waals surface area contributed by atoms with Crippen molar-refractivity contribution < 1.29 is 13.2 Å². The molecule has 0 spiro atoms. The molecule has 0 unspecified atom stereocenters. The Balaban J connectivity index is 1.81. The number of anilines is 1. The summed E-state index contributed by atoms with van der Waals surface area (Å²) in [5, 5.41) is 3.85. The van der Waals surface area contributed by atoms with E-state index in [9.17, 15) is 13.2 Å². The maximum absolute atomic E-state index is 12.5. The van der Waals surface area contributed by atoms with Gasteiger partial charge in [-0.2, -0.15) is 4.31 Å². The first kappa shape index (κ1) is 20.7. The fourth-order valence-electron chi connectivity index (χ4n) is 2.81. The monoisotopic (exact) mass is 437 g/mol. The van der Waals surface area contributed by atoms with Gasteiger partial charge in [0.15, 0.2) is 5.13 Å². The van der Waals surface area contributed by atoms with Crippen molar-refractivity contribution in [3.63, 3.8) is 0 Å². The fraction of sp³-hybridized carbons (Fsp3) is 0.263. The zero-order valence-corrected chi connectivity index (χ0v) is 18.1. The fourth-order valence-corrected chi connectivity index (χ4v) is 5.35. The summed E-state index contributed by atoms with van der Waals surface area (Å²) < 4.78 is 27.4. The van der Waals surface area contributed by atoms with E-state index in [-0.39, 0.29) is 10.8 Å². The summed E-state index contributed by atoms with van der Waals surface area (Å²) in [7, 11) is -3.55. The Kier molecular flexibility index (Phi) is 6.04. The summed E-state index contributed by atoms with van der Waals surface area (Å²) in [4.78, 5) is 17.1. The van der Waals surface area contributed by atoms with Gasteiger partial charge in [0, 0.05) is 23.7 Å². The van der Waals surface area contributed by atoms with E-state index >= 15 is 0 Å². The summed E-state index contributed by atoms with van der Waals surface area (Å²) in [6.07, 6.45) is 0. The number of nitrogens with one attached hydrogen (secondary N) is 1. The van der Waals surface area contributed by atoms with Gasteiger partial charge in [-0.05, 0) is 48.9 Å². The van der Waals surface area contributed by atoms with Crippen LogP contribution in [0, 0.1) is 6.92 Å². The highest BCUT2D eigenvalue weighted by molar-refractivity contribution is 7.89. The number of aryl methyl sites for hydroxylation is 1. The van der Waals surface area contributed by atoms with Gasteiger partial charge in [0.25, 0.3) is 5.91 Å². The van der Waals surface area contributed by atoms with Crippen molar-refractivity contribution in [1.82, 2.24) is 9.29 Å². The molecule has 1 heterocycles. The summed E-state index contributed by atoms with van der Waals surface area (Å²) in [6, 6.07) is 9.57. The highest BCUT2D eigenvalue weighted by Gasteiger charge is 2.22. The van der Waals surface area contributed by atoms with Crippen LogP contribution in [0.1, 0.15) is 29.8 Å². The number of fused-ring (bicyclic) bond motifs is 1. The van der Waals surface area contributed by atoms with Gasteiger partial charge >= 0.3 is 0 Å². The molecule has 3 rings (SSSR count). The van der Waals surface area contributed by atoms with E-state index in [0.717, 1.165) is 15.8 Å². The van der Waals surface area contributed by atoms with Gasteiger partial charge < -0.3 is 0 Å². The zero-order valence-electron chi connectivity index (χ0n) is 15.7. The van der Waals surface area contributed by atoms with E-state index in [1.165, 1.54) is 39.9 Å². The number of carbonyl (C=O) groups excluding carboxylic acids is 1. The highest BCUT2D eigenvalue weighted by atomic mass is 35.5. The van der Waals surface area contributed by atoms with Crippen molar-refractivity contribution in [1.29, 1.82) is 0 Å². The van der Waals surface area contributed by atoms with Gasteiger partial charge in [-0.3, -0.25) is 10.1 Å². The molecule has 9 heteroatoms. The van der Waals surface area contributed by atoms with E-state index in [4.69, 9.17) is 11.6 Å². The number of aromatic nitrogens is 1. The van der Waals surface area contributed by atoms with Crippen LogP contribution < -0.4 is 5.32 Å². The Labute approximate surface area is 173 Å². The molecule has 1 amide bonds. The minimum Gasteiger partial charge on any atom is -0.298 e.